The number of likely N-dealkylation sites (tertiary alicyclic amines) is 1. The molecule has 0 spiro atoms. The highest BCUT2D eigenvalue weighted by molar-refractivity contribution is 5.76. The van der Waals surface area contributed by atoms with Crippen molar-refractivity contribution in [3.05, 3.63) is 88.7 Å². The lowest BCUT2D eigenvalue weighted by Crippen LogP contribution is -2.57. The number of fused-ring (bicyclic) bond motifs is 2. The minimum atomic E-state index is -1.07. The second kappa shape index (κ2) is 9.14. The van der Waals surface area contributed by atoms with Crippen LogP contribution in [-0.4, -0.2) is 44.2 Å². The van der Waals surface area contributed by atoms with Crippen LogP contribution in [0.25, 0.3) is 11.3 Å². The summed E-state index contributed by atoms with van der Waals surface area (Å²) in [6.45, 7) is 1.12. The van der Waals surface area contributed by atoms with E-state index in [9.17, 15) is 19.1 Å². The Labute approximate surface area is 197 Å². The second-order valence-corrected chi connectivity index (χ2v) is 9.47. The van der Waals surface area contributed by atoms with Gasteiger partial charge < -0.3 is 10.0 Å². The molecule has 2 bridgehead atoms. The van der Waals surface area contributed by atoms with Crippen molar-refractivity contribution in [1.82, 2.24) is 14.5 Å². The highest BCUT2D eigenvalue weighted by atomic mass is 19.1. The number of hydrogen-bond donors (Lipinski definition) is 1. The fourth-order valence-corrected chi connectivity index (χ4v) is 5.49. The van der Waals surface area contributed by atoms with E-state index in [4.69, 9.17) is 0 Å². The first-order valence-electron chi connectivity index (χ1n) is 11.8. The molecule has 2 aromatic carbocycles. The molecular formula is C27H28FN3O3. The minimum Gasteiger partial charge on any atom is -0.387 e. The quantitative estimate of drug-likeness (QED) is 0.611. The van der Waals surface area contributed by atoms with Crippen LogP contribution in [0.1, 0.15) is 24.8 Å². The Bertz CT molecular complexity index is 1230. The van der Waals surface area contributed by atoms with Crippen molar-refractivity contribution in [2.24, 2.45) is 11.8 Å². The Morgan fingerprint density at radius 1 is 1.06 bits per heavy atom. The number of nitrogens with zero attached hydrogens (tertiary/aromatic N) is 3. The molecule has 34 heavy (non-hydrogen) atoms. The summed E-state index contributed by atoms with van der Waals surface area (Å²) in [6, 6.07) is 17.5. The van der Waals surface area contributed by atoms with Crippen molar-refractivity contribution < 1.29 is 14.3 Å². The molecule has 1 N–H and O–H groups in total. The van der Waals surface area contributed by atoms with E-state index in [1.165, 1.54) is 23.0 Å². The minimum absolute atomic E-state index is 0.0925. The maximum Gasteiger partial charge on any atom is 0.253 e. The molecule has 2 fully saturated rings. The standard InChI is InChI=1S/C27H28FN3O3/c28-23-9-5-4-8-22(23)24-14-26(33)31(18-29-24)17-27(34)20-11-12-21(27)16-30(15-20)25(32)13-10-19-6-2-1-3-7-19/h1-9,14,18,20-21,34H,10-13,15-17H2. The van der Waals surface area contributed by atoms with E-state index in [0.29, 0.717) is 25.9 Å². The van der Waals surface area contributed by atoms with Gasteiger partial charge in [-0.15, -0.1) is 0 Å². The molecule has 3 aromatic rings. The number of aromatic nitrogens is 2. The SMILES string of the molecule is O=C(CCc1ccccc1)N1CC2CCC(C1)C2(O)Cn1cnc(-c2ccccc2F)cc1=O. The number of piperidine rings is 1. The maximum atomic E-state index is 14.1. The van der Waals surface area contributed by atoms with Gasteiger partial charge in [0.2, 0.25) is 5.91 Å². The van der Waals surface area contributed by atoms with Crippen molar-refractivity contribution in [3.8, 4) is 11.3 Å². The van der Waals surface area contributed by atoms with Gasteiger partial charge in [0.15, 0.2) is 0 Å². The monoisotopic (exact) mass is 461 g/mol. The van der Waals surface area contributed by atoms with Crippen LogP contribution in [-0.2, 0) is 17.8 Å². The molecule has 2 heterocycles. The largest absolute Gasteiger partial charge is 0.387 e. The third-order valence-electron chi connectivity index (χ3n) is 7.44. The van der Waals surface area contributed by atoms with E-state index in [1.807, 2.05) is 35.2 Å². The lowest BCUT2D eigenvalue weighted by Gasteiger charge is -2.44. The van der Waals surface area contributed by atoms with Crippen molar-refractivity contribution in [3.63, 3.8) is 0 Å². The number of amides is 1. The van der Waals surface area contributed by atoms with Gasteiger partial charge in [0.25, 0.3) is 5.56 Å². The number of aryl methyl sites for hydroxylation is 1. The first-order chi connectivity index (χ1) is 16.4. The summed E-state index contributed by atoms with van der Waals surface area (Å²) in [4.78, 5) is 31.8. The average molecular weight is 462 g/mol. The zero-order chi connectivity index (χ0) is 23.7. The molecule has 1 aliphatic carbocycles. The second-order valence-electron chi connectivity index (χ2n) is 9.47. The lowest BCUT2D eigenvalue weighted by atomic mass is 9.80. The highest BCUT2D eigenvalue weighted by Crippen LogP contribution is 2.46. The van der Waals surface area contributed by atoms with Crippen molar-refractivity contribution in [1.29, 1.82) is 0 Å². The molecule has 1 amide bonds. The summed E-state index contributed by atoms with van der Waals surface area (Å²) in [5.74, 6) is -0.515. The van der Waals surface area contributed by atoms with E-state index >= 15 is 0 Å². The van der Waals surface area contributed by atoms with Crippen LogP contribution in [0.3, 0.4) is 0 Å². The molecule has 6 nitrogen and oxygen atoms in total. The van der Waals surface area contributed by atoms with E-state index in [0.717, 1.165) is 18.4 Å². The summed E-state index contributed by atoms with van der Waals surface area (Å²) in [7, 11) is 0. The van der Waals surface area contributed by atoms with Gasteiger partial charge in [-0.25, -0.2) is 9.37 Å². The molecule has 0 radical (unpaired) electrons. The summed E-state index contributed by atoms with van der Waals surface area (Å²) < 4.78 is 15.5. The molecule has 1 aromatic heterocycles. The normalized spacial score (nSPS) is 23.8. The number of benzene rings is 2. The van der Waals surface area contributed by atoms with Crippen LogP contribution in [0, 0.1) is 17.7 Å². The molecular weight excluding hydrogens is 433 g/mol. The number of hydrogen-bond acceptors (Lipinski definition) is 4. The first kappa shape index (κ1) is 22.5. The summed E-state index contributed by atoms with van der Waals surface area (Å²) in [6.07, 6.45) is 4.17. The average Bonchev–Trinajstić information content (AvgIpc) is 3.01. The zero-order valence-corrected chi connectivity index (χ0v) is 18.9. The van der Waals surface area contributed by atoms with Crippen molar-refractivity contribution in [2.45, 2.75) is 37.8 Å². The topological polar surface area (TPSA) is 75.4 Å². The molecule has 5 rings (SSSR count). The van der Waals surface area contributed by atoms with Gasteiger partial charge in [-0.05, 0) is 37.0 Å². The fraction of sp³-hybridized carbons (Fsp3) is 0.370. The van der Waals surface area contributed by atoms with Crippen LogP contribution >= 0.6 is 0 Å². The maximum absolute atomic E-state index is 14.1. The molecule has 2 aliphatic rings. The lowest BCUT2D eigenvalue weighted by molar-refractivity contribution is -0.143. The molecule has 2 atom stereocenters. The van der Waals surface area contributed by atoms with Crippen LogP contribution in [0.4, 0.5) is 4.39 Å². The van der Waals surface area contributed by atoms with E-state index in [-0.39, 0.29) is 41.1 Å². The Balaban J connectivity index is 1.27. The van der Waals surface area contributed by atoms with Crippen LogP contribution in [0.15, 0.2) is 71.8 Å². The number of aliphatic hydroxyl groups is 1. The van der Waals surface area contributed by atoms with Crippen LogP contribution in [0.2, 0.25) is 0 Å². The Morgan fingerprint density at radius 3 is 2.41 bits per heavy atom. The molecule has 1 aliphatic heterocycles. The predicted molar refractivity (Wildman–Crippen MR) is 126 cm³/mol. The summed E-state index contributed by atoms with van der Waals surface area (Å²) in [5, 5.41) is 11.6. The van der Waals surface area contributed by atoms with Crippen LogP contribution in [0.5, 0.6) is 0 Å². The van der Waals surface area contributed by atoms with Gasteiger partial charge in [-0.3, -0.25) is 14.2 Å². The predicted octanol–water partition coefficient (Wildman–Crippen LogP) is 3.28. The Morgan fingerprint density at radius 2 is 1.74 bits per heavy atom. The summed E-state index contributed by atoms with van der Waals surface area (Å²) in [5.41, 5.74) is 0.280. The molecule has 176 valence electrons. The van der Waals surface area contributed by atoms with E-state index in [1.54, 1.807) is 18.2 Å². The van der Waals surface area contributed by atoms with Crippen LogP contribution < -0.4 is 5.56 Å². The zero-order valence-electron chi connectivity index (χ0n) is 18.9. The third-order valence-corrected chi connectivity index (χ3v) is 7.44. The van der Waals surface area contributed by atoms with E-state index < -0.39 is 11.4 Å². The molecule has 1 saturated heterocycles. The van der Waals surface area contributed by atoms with Gasteiger partial charge in [0, 0.05) is 43.0 Å². The number of carbonyl (C=O) groups excluding carboxylic acids is 1. The third kappa shape index (κ3) is 4.28. The molecule has 1 saturated carbocycles. The first-order valence-corrected chi connectivity index (χ1v) is 11.8. The van der Waals surface area contributed by atoms with Gasteiger partial charge >= 0.3 is 0 Å². The Kier molecular flexibility index (Phi) is 6.04. The van der Waals surface area contributed by atoms with Crippen molar-refractivity contribution in [2.75, 3.05) is 13.1 Å². The number of rotatable bonds is 6. The number of halogens is 1. The van der Waals surface area contributed by atoms with Gasteiger partial charge in [0.1, 0.15) is 5.82 Å². The van der Waals surface area contributed by atoms with Gasteiger partial charge in [-0.2, -0.15) is 0 Å². The summed E-state index contributed by atoms with van der Waals surface area (Å²) >= 11 is 0. The van der Waals surface area contributed by atoms with Crippen molar-refractivity contribution >= 4 is 5.91 Å². The van der Waals surface area contributed by atoms with Gasteiger partial charge in [-0.1, -0.05) is 42.5 Å². The smallest absolute Gasteiger partial charge is 0.253 e. The van der Waals surface area contributed by atoms with Gasteiger partial charge in [0.05, 0.1) is 24.2 Å². The molecule has 7 heteroatoms. The molecule has 2 unspecified atom stereocenters. The number of carbonyl (C=O) groups is 1. The van der Waals surface area contributed by atoms with E-state index in [2.05, 4.69) is 4.98 Å². The highest BCUT2D eigenvalue weighted by Gasteiger charge is 2.53. The Hall–Kier alpha value is -3.32. The fourth-order valence-electron chi connectivity index (χ4n) is 5.49.